The highest BCUT2D eigenvalue weighted by molar-refractivity contribution is 6.33. The van der Waals surface area contributed by atoms with Crippen molar-refractivity contribution in [2.45, 2.75) is 6.43 Å². The summed E-state index contributed by atoms with van der Waals surface area (Å²) in [6.45, 7) is 0. The molecule has 1 aromatic heterocycles. The van der Waals surface area contributed by atoms with E-state index in [0.29, 0.717) is 6.20 Å². The summed E-state index contributed by atoms with van der Waals surface area (Å²) in [5, 5.41) is -0.634. The minimum Gasteiger partial charge on any atom is -0.296 e. The maximum atomic E-state index is 12.7. The maximum Gasteiger partial charge on any atom is 0.268 e. The normalized spacial score (nSPS) is 10.5. The Labute approximate surface area is 76.3 Å². The highest BCUT2D eigenvalue weighted by Crippen LogP contribution is 2.30. The van der Waals surface area contributed by atoms with Gasteiger partial charge < -0.3 is 0 Å². The largest absolute Gasteiger partial charge is 0.296 e. The quantitative estimate of drug-likeness (QED) is 0.701. The predicted molar refractivity (Wildman–Crippen MR) is 39.5 cm³/mol. The molecule has 1 rings (SSSR count). The molecule has 0 fully saturated rings. The van der Waals surface area contributed by atoms with E-state index in [2.05, 4.69) is 4.98 Å². The first-order chi connectivity index (χ1) is 6.07. The zero-order valence-corrected chi connectivity index (χ0v) is 6.86. The maximum absolute atomic E-state index is 12.7. The van der Waals surface area contributed by atoms with Crippen molar-refractivity contribution in [3.63, 3.8) is 0 Å². The van der Waals surface area contributed by atoms with Crippen molar-refractivity contribution in [1.29, 1.82) is 0 Å². The van der Waals surface area contributed by atoms with Gasteiger partial charge in [-0.05, 0) is 0 Å². The summed E-state index contributed by atoms with van der Waals surface area (Å²) in [5.74, 6) is -1.22. The molecule has 0 unspecified atom stereocenters. The SMILES string of the molecule is O=Cc1ncc(F)c(C(F)F)c1Cl. The number of aromatic nitrogens is 1. The average Bonchev–Trinajstić information content (AvgIpc) is 2.04. The lowest BCUT2D eigenvalue weighted by Gasteiger charge is -2.04. The third-order valence-electron chi connectivity index (χ3n) is 1.37. The van der Waals surface area contributed by atoms with Crippen molar-refractivity contribution >= 4 is 17.9 Å². The van der Waals surface area contributed by atoms with Crippen LogP contribution in [0.2, 0.25) is 5.02 Å². The van der Waals surface area contributed by atoms with Gasteiger partial charge in [-0.25, -0.2) is 18.2 Å². The molecular formula is C7H3ClF3NO. The molecule has 0 bridgehead atoms. The Morgan fingerprint density at radius 1 is 1.54 bits per heavy atom. The molecule has 0 aliphatic rings. The third-order valence-corrected chi connectivity index (χ3v) is 1.76. The fourth-order valence-electron chi connectivity index (χ4n) is 0.777. The van der Waals surface area contributed by atoms with Crippen LogP contribution in [0.3, 0.4) is 0 Å². The van der Waals surface area contributed by atoms with Gasteiger partial charge in [-0.3, -0.25) is 4.79 Å². The average molecular weight is 210 g/mol. The molecule has 70 valence electrons. The van der Waals surface area contributed by atoms with Crippen LogP contribution in [0, 0.1) is 5.82 Å². The smallest absolute Gasteiger partial charge is 0.268 e. The predicted octanol–water partition coefficient (Wildman–Crippen LogP) is 2.62. The summed E-state index contributed by atoms with van der Waals surface area (Å²) >= 11 is 5.30. The fourth-order valence-corrected chi connectivity index (χ4v) is 1.04. The molecule has 0 spiro atoms. The third kappa shape index (κ3) is 1.80. The zero-order chi connectivity index (χ0) is 10.0. The Hall–Kier alpha value is -1.10. The number of rotatable bonds is 2. The van der Waals surface area contributed by atoms with E-state index < -0.39 is 28.5 Å². The number of hydrogen-bond donors (Lipinski definition) is 0. The standard InChI is InChI=1S/C7H3ClF3NO/c8-6-4(2-13)12-1-3(9)5(6)7(10)11/h1-2,7H. The first-order valence-electron chi connectivity index (χ1n) is 3.15. The van der Waals surface area contributed by atoms with Crippen LogP contribution >= 0.6 is 11.6 Å². The van der Waals surface area contributed by atoms with Crippen molar-refractivity contribution in [2.24, 2.45) is 0 Å². The van der Waals surface area contributed by atoms with Crippen LogP contribution < -0.4 is 0 Å². The van der Waals surface area contributed by atoms with Gasteiger partial charge in [-0.1, -0.05) is 11.6 Å². The molecule has 0 aliphatic heterocycles. The number of aldehydes is 1. The van der Waals surface area contributed by atoms with Crippen LogP contribution in [0.25, 0.3) is 0 Å². The lowest BCUT2D eigenvalue weighted by molar-refractivity contribution is 0.111. The monoisotopic (exact) mass is 209 g/mol. The van der Waals surface area contributed by atoms with Crippen LogP contribution in [-0.4, -0.2) is 11.3 Å². The van der Waals surface area contributed by atoms with Gasteiger partial charge in [0.05, 0.1) is 16.8 Å². The van der Waals surface area contributed by atoms with Crippen molar-refractivity contribution in [2.75, 3.05) is 0 Å². The second-order valence-electron chi connectivity index (χ2n) is 2.14. The number of carbonyl (C=O) groups is 1. The number of carbonyl (C=O) groups excluding carboxylic acids is 1. The van der Waals surface area contributed by atoms with Crippen LogP contribution in [-0.2, 0) is 0 Å². The Bertz CT molecular complexity index is 343. The zero-order valence-electron chi connectivity index (χ0n) is 6.10. The molecule has 0 aliphatic carbocycles. The van der Waals surface area contributed by atoms with Gasteiger partial charge in [0.2, 0.25) is 0 Å². The minimum absolute atomic E-state index is 0.188. The van der Waals surface area contributed by atoms with E-state index in [9.17, 15) is 18.0 Å². The molecule has 2 nitrogen and oxygen atoms in total. The minimum atomic E-state index is -3.06. The van der Waals surface area contributed by atoms with E-state index >= 15 is 0 Å². The summed E-state index contributed by atoms with van der Waals surface area (Å²) in [6, 6.07) is 0. The molecule has 13 heavy (non-hydrogen) atoms. The van der Waals surface area contributed by atoms with Crippen molar-refractivity contribution in [3.05, 3.63) is 28.3 Å². The van der Waals surface area contributed by atoms with E-state index in [1.54, 1.807) is 0 Å². The highest BCUT2D eigenvalue weighted by atomic mass is 35.5. The first kappa shape index (κ1) is 9.98. The van der Waals surface area contributed by atoms with Crippen LogP contribution in [0.15, 0.2) is 6.20 Å². The molecule has 6 heteroatoms. The molecule has 0 amide bonds. The van der Waals surface area contributed by atoms with Crippen LogP contribution in [0.5, 0.6) is 0 Å². The Morgan fingerprint density at radius 3 is 2.62 bits per heavy atom. The molecule has 0 aromatic carbocycles. The van der Waals surface area contributed by atoms with Crippen LogP contribution in [0.1, 0.15) is 22.5 Å². The van der Waals surface area contributed by atoms with Gasteiger partial charge in [0.1, 0.15) is 5.69 Å². The molecule has 0 N–H and O–H groups in total. The molecule has 0 radical (unpaired) electrons. The molecule has 0 saturated heterocycles. The topological polar surface area (TPSA) is 30.0 Å². The fraction of sp³-hybridized carbons (Fsp3) is 0.143. The van der Waals surface area contributed by atoms with Gasteiger partial charge in [0.25, 0.3) is 6.43 Å². The van der Waals surface area contributed by atoms with E-state index in [0.717, 1.165) is 0 Å². The number of alkyl halides is 2. The summed E-state index contributed by atoms with van der Waals surface area (Å²) in [6.07, 6.45) is -2.33. The molecule has 1 aromatic rings. The van der Waals surface area contributed by atoms with Crippen molar-refractivity contribution in [1.82, 2.24) is 4.98 Å². The highest BCUT2D eigenvalue weighted by Gasteiger charge is 2.20. The number of pyridine rings is 1. The second kappa shape index (κ2) is 3.74. The van der Waals surface area contributed by atoms with E-state index in [4.69, 9.17) is 11.6 Å². The summed E-state index contributed by atoms with van der Waals surface area (Å²) in [7, 11) is 0. The Morgan fingerprint density at radius 2 is 2.15 bits per heavy atom. The number of nitrogens with zero attached hydrogens (tertiary/aromatic N) is 1. The van der Waals surface area contributed by atoms with Gasteiger partial charge in [0, 0.05) is 0 Å². The molecular weight excluding hydrogens is 207 g/mol. The Balaban J connectivity index is 3.38. The molecule has 1 heterocycles. The summed E-state index contributed by atoms with van der Waals surface area (Å²) in [5.41, 5.74) is -1.38. The van der Waals surface area contributed by atoms with E-state index in [1.165, 1.54) is 0 Å². The first-order valence-corrected chi connectivity index (χ1v) is 3.53. The summed E-state index contributed by atoms with van der Waals surface area (Å²) in [4.78, 5) is 13.4. The van der Waals surface area contributed by atoms with Gasteiger partial charge >= 0.3 is 0 Å². The summed E-state index contributed by atoms with van der Waals surface area (Å²) < 4.78 is 36.9. The van der Waals surface area contributed by atoms with Crippen molar-refractivity contribution < 1.29 is 18.0 Å². The molecule has 0 atom stereocenters. The number of hydrogen-bond acceptors (Lipinski definition) is 2. The second-order valence-corrected chi connectivity index (χ2v) is 2.52. The van der Waals surface area contributed by atoms with Gasteiger partial charge in [0.15, 0.2) is 12.1 Å². The van der Waals surface area contributed by atoms with E-state index in [1.807, 2.05) is 0 Å². The lowest BCUT2D eigenvalue weighted by atomic mass is 10.2. The lowest BCUT2D eigenvalue weighted by Crippen LogP contribution is -1.99. The van der Waals surface area contributed by atoms with Gasteiger partial charge in [-0.15, -0.1) is 0 Å². The van der Waals surface area contributed by atoms with E-state index in [-0.39, 0.29) is 6.29 Å². The van der Waals surface area contributed by atoms with Gasteiger partial charge in [-0.2, -0.15) is 0 Å². The number of halogens is 4. The van der Waals surface area contributed by atoms with Crippen LogP contribution in [0.4, 0.5) is 13.2 Å². The molecule has 0 saturated carbocycles. The Kier molecular flexibility index (Phi) is 2.87. The van der Waals surface area contributed by atoms with Crippen molar-refractivity contribution in [3.8, 4) is 0 Å².